The number of benzene rings is 1. The summed E-state index contributed by atoms with van der Waals surface area (Å²) in [5, 5.41) is 9.00. The summed E-state index contributed by atoms with van der Waals surface area (Å²) >= 11 is 0. The molecule has 0 aliphatic carbocycles. The van der Waals surface area contributed by atoms with Crippen molar-refractivity contribution >= 4 is 16.3 Å². The quantitative estimate of drug-likeness (QED) is 0.784. The molecule has 1 saturated heterocycles. The van der Waals surface area contributed by atoms with E-state index < -0.39 is 10.0 Å². The van der Waals surface area contributed by atoms with Crippen molar-refractivity contribution in [2.24, 2.45) is 5.92 Å². The summed E-state index contributed by atoms with van der Waals surface area (Å²) in [6.45, 7) is 0.696. The van der Waals surface area contributed by atoms with Gasteiger partial charge in [-0.05, 0) is 24.5 Å². The third kappa shape index (κ3) is 3.24. The SMILES string of the molecule is N#Cc1ccccc1CS(=O)(=O)N1CCCC(C=O)C1. The van der Waals surface area contributed by atoms with Crippen LogP contribution in [0.2, 0.25) is 0 Å². The molecule has 1 atom stereocenters. The minimum atomic E-state index is -3.49. The second kappa shape index (κ2) is 6.16. The summed E-state index contributed by atoms with van der Waals surface area (Å²) in [6, 6.07) is 8.68. The molecule has 0 saturated carbocycles. The smallest absolute Gasteiger partial charge is 0.218 e. The number of aldehydes is 1. The van der Waals surface area contributed by atoms with Gasteiger partial charge >= 0.3 is 0 Å². The van der Waals surface area contributed by atoms with E-state index >= 15 is 0 Å². The molecule has 1 aromatic carbocycles. The molecule has 1 heterocycles. The zero-order valence-electron chi connectivity index (χ0n) is 11.0. The van der Waals surface area contributed by atoms with Gasteiger partial charge in [0.05, 0.1) is 17.4 Å². The lowest BCUT2D eigenvalue weighted by Crippen LogP contribution is -2.40. The number of carbonyl (C=O) groups excluding carboxylic acids is 1. The van der Waals surface area contributed by atoms with Crippen molar-refractivity contribution in [1.29, 1.82) is 5.26 Å². The largest absolute Gasteiger partial charge is 0.303 e. The van der Waals surface area contributed by atoms with E-state index in [1.807, 2.05) is 6.07 Å². The molecule has 0 bridgehead atoms. The van der Waals surface area contributed by atoms with Crippen molar-refractivity contribution in [3.63, 3.8) is 0 Å². The van der Waals surface area contributed by atoms with Crippen LogP contribution in [0.4, 0.5) is 0 Å². The average Bonchev–Trinajstić information content (AvgIpc) is 2.47. The van der Waals surface area contributed by atoms with Gasteiger partial charge in [0, 0.05) is 19.0 Å². The van der Waals surface area contributed by atoms with Gasteiger partial charge in [0.2, 0.25) is 10.0 Å². The van der Waals surface area contributed by atoms with Crippen molar-refractivity contribution < 1.29 is 13.2 Å². The van der Waals surface area contributed by atoms with Crippen LogP contribution in [-0.2, 0) is 20.6 Å². The molecule has 0 radical (unpaired) electrons. The van der Waals surface area contributed by atoms with Gasteiger partial charge in [-0.2, -0.15) is 5.26 Å². The Morgan fingerprint density at radius 3 is 2.85 bits per heavy atom. The molecule has 0 spiro atoms. The third-order valence-corrected chi connectivity index (χ3v) is 5.28. The lowest BCUT2D eigenvalue weighted by Gasteiger charge is -2.29. The highest BCUT2D eigenvalue weighted by atomic mass is 32.2. The molecule has 1 aromatic rings. The number of hydrogen-bond acceptors (Lipinski definition) is 4. The fraction of sp³-hybridized carbons (Fsp3) is 0.429. The van der Waals surface area contributed by atoms with E-state index in [2.05, 4.69) is 0 Å². The molecule has 1 aliphatic rings. The first-order valence-electron chi connectivity index (χ1n) is 6.48. The Hall–Kier alpha value is -1.71. The molecule has 0 N–H and O–H groups in total. The average molecular weight is 292 g/mol. The highest BCUT2D eigenvalue weighted by Gasteiger charge is 2.29. The first-order chi connectivity index (χ1) is 9.56. The molecule has 6 heteroatoms. The minimum Gasteiger partial charge on any atom is -0.303 e. The topological polar surface area (TPSA) is 78.2 Å². The standard InChI is InChI=1S/C14H16N2O3S/c15-8-13-5-1-2-6-14(13)11-20(18,19)16-7-3-4-12(9-16)10-17/h1-2,5-6,10,12H,3-4,7,9,11H2. The highest BCUT2D eigenvalue weighted by Crippen LogP contribution is 2.21. The van der Waals surface area contributed by atoms with Gasteiger partial charge in [-0.25, -0.2) is 12.7 Å². The molecule has 5 nitrogen and oxygen atoms in total. The maximum absolute atomic E-state index is 12.4. The Morgan fingerprint density at radius 2 is 2.15 bits per heavy atom. The number of carbonyl (C=O) groups is 1. The first kappa shape index (κ1) is 14.7. The van der Waals surface area contributed by atoms with E-state index in [0.29, 0.717) is 24.1 Å². The fourth-order valence-electron chi connectivity index (χ4n) is 2.38. The van der Waals surface area contributed by atoms with Crippen LogP contribution in [0.5, 0.6) is 0 Å². The molecular weight excluding hydrogens is 276 g/mol. The second-order valence-corrected chi connectivity index (χ2v) is 6.89. The van der Waals surface area contributed by atoms with Gasteiger partial charge in [-0.3, -0.25) is 0 Å². The van der Waals surface area contributed by atoms with Crippen LogP contribution in [-0.4, -0.2) is 32.1 Å². The Morgan fingerprint density at radius 1 is 1.40 bits per heavy atom. The number of nitriles is 1. The molecule has 1 aliphatic heterocycles. The van der Waals surface area contributed by atoms with Gasteiger partial charge < -0.3 is 4.79 Å². The molecule has 0 aromatic heterocycles. The minimum absolute atomic E-state index is 0.192. The van der Waals surface area contributed by atoms with E-state index in [1.165, 1.54) is 4.31 Å². The molecule has 20 heavy (non-hydrogen) atoms. The number of nitrogens with zero attached hydrogens (tertiary/aromatic N) is 2. The maximum atomic E-state index is 12.4. The zero-order chi connectivity index (χ0) is 14.6. The molecule has 0 amide bonds. The van der Waals surface area contributed by atoms with Gasteiger partial charge in [-0.15, -0.1) is 0 Å². The summed E-state index contributed by atoms with van der Waals surface area (Å²) in [6.07, 6.45) is 2.26. The van der Waals surface area contributed by atoms with Crippen LogP contribution in [0.15, 0.2) is 24.3 Å². The van der Waals surface area contributed by atoms with Gasteiger partial charge in [-0.1, -0.05) is 18.2 Å². The fourth-order valence-corrected chi connectivity index (χ4v) is 4.03. The van der Waals surface area contributed by atoms with Crippen molar-refractivity contribution in [3.05, 3.63) is 35.4 Å². The lowest BCUT2D eigenvalue weighted by atomic mass is 10.0. The first-order valence-corrected chi connectivity index (χ1v) is 8.09. The van der Waals surface area contributed by atoms with Crippen LogP contribution >= 0.6 is 0 Å². The van der Waals surface area contributed by atoms with Crippen LogP contribution in [0, 0.1) is 17.2 Å². The Kier molecular flexibility index (Phi) is 4.53. The van der Waals surface area contributed by atoms with E-state index in [0.717, 1.165) is 12.7 Å². The Balaban J connectivity index is 2.19. The molecular formula is C14H16N2O3S. The van der Waals surface area contributed by atoms with Crippen LogP contribution in [0.25, 0.3) is 0 Å². The molecule has 1 unspecified atom stereocenters. The number of hydrogen-bond donors (Lipinski definition) is 0. The Bertz CT molecular complexity index is 634. The van der Waals surface area contributed by atoms with Crippen LogP contribution in [0.1, 0.15) is 24.0 Å². The van der Waals surface area contributed by atoms with Gasteiger partial charge in [0.15, 0.2) is 0 Å². The predicted molar refractivity (Wildman–Crippen MR) is 74.1 cm³/mol. The summed E-state index contributed by atoms with van der Waals surface area (Å²) in [5.74, 6) is -0.410. The lowest BCUT2D eigenvalue weighted by molar-refractivity contribution is -0.112. The van der Waals surface area contributed by atoms with Gasteiger partial charge in [0.1, 0.15) is 6.29 Å². The summed E-state index contributed by atoms with van der Waals surface area (Å²) < 4.78 is 26.1. The normalized spacial score (nSPS) is 20.2. The van der Waals surface area contributed by atoms with E-state index in [1.54, 1.807) is 24.3 Å². The van der Waals surface area contributed by atoms with Crippen molar-refractivity contribution in [3.8, 4) is 6.07 Å². The predicted octanol–water partition coefficient (Wildman–Crippen LogP) is 1.30. The zero-order valence-corrected chi connectivity index (χ0v) is 11.8. The van der Waals surface area contributed by atoms with Gasteiger partial charge in [0.25, 0.3) is 0 Å². The third-order valence-electron chi connectivity index (χ3n) is 3.48. The highest BCUT2D eigenvalue weighted by molar-refractivity contribution is 7.88. The van der Waals surface area contributed by atoms with Crippen molar-refractivity contribution in [1.82, 2.24) is 4.31 Å². The number of sulfonamides is 1. The van der Waals surface area contributed by atoms with Crippen LogP contribution < -0.4 is 0 Å². The summed E-state index contributed by atoms with van der Waals surface area (Å²) in [4.78, 5) is 10.8. The molecule has 2 rings (SSSR count). The second-order valence-electron chi connectivity index (χ2n) is 4.92. The summed E-state index contributed by atoms with van der Waals surface area (Å²) in [7, 11) is -3.49. The van der Waals surface area contributed by atoms with E-state index in [9.17, 15) is 13.2 Å². The monoisotopic (exact) mass is 292 g/mol. The Labute approximate surface area is 118 Å². The summed E-state index contributed by atoms with van der Waals surface area (Å²) in [5.41, 5.74) is 0.878. The van der Waals surface area contributed by atoms with Crippen molar-refractivity contribution in [2.45, 2.75) is 18.6 Å². The van der Waals surface area contributed by atoms with E-state index in [4.69, 9.17) is 5.26 Å². The maximum Gasteiger partial charge on any atom is 0.218 e. The van der Waals surface area contributed by atoms with Crippen LogP contribution in [0.3, 0.4) is 0 Å². The molecule has 106 valence electrons. The number of piperidine rings is 1. The van der Waals surface area contributed by atoms with E-state index in [-0.39, 0.29) is 18.2 Å². The van der Waals surface area contributed by atoms with Crippen molar-refractivity contribution in [2.75, 3.05) is 13.1 Å². The number of rotatable bonds is 4. The molecule has 1 fully saturated rings.